The first-order valence-corrected chi connectivity index (χ1v) is 6.78. The van der Waals surface area contributed by atoms with Crippen LogP contribution in [0.1, 0.15) is 55.8 Å². The lowest BCUT2D eigenvalue weighted by molar-refractivity contribution is 0.120. The van der Waals surface area contributed by atoms with Crippen LogP contribution in [-0.4, -0.2) is 14.7 Å². The van der Waals surface area contributed by atoms with E-state index in [2.05, 4.69) is 23.4 Å². The molecular weight excluding hydrogens is 236 g/mol. The van der Waals surface area contributed by atoms with Gasteiger partial charge in [-0.2, -0.15) is 0 Å². The molecule has 1 N–H and O–H groups in total. The number of rotatable bonds is 4. The van der Waals surface area contributed by atoms with Crippen LogP contribution in [0.3, 0.4) is 0 Å². The van der Waals surface area contributed by atoms with E-state index in [0.29, 0.717) is 5.92 Å². The van der Waals surface area contributed by atoms with Crippen LogP contribution in [-0.2, 0) is 0 Å². The molecule has 1 aromatic carbocycles. The zero-order valence-electron chi connectivity index (χ0n) is 12.0. The Hall–Kier alpha value is -1.61. The van der Waals surface area contributed by atoms with Crippen molar-refractivity contribution >= 4 is 0 Å². The molecule has 0 amide bonds. The number of aliphatic hydroxyl groups is 1. The Balaban J connectivity index is 2.25. The van der Waals surface area contributed by atoms with E-state index >= 15 is 0 Å². The summed E-state index contributed by atoms with van der Waals surface area (Å²) in [6.07, 6.45) is 3.22. The number of hydrogen-bond donors (Lipinski definition) is 1. The number of hydrogen-bond acceptors (Lipinski definition) is 2. The van der Waals surface area contributed by atoms with Gasteiger partial charge in [0.15, 0.2) is 0 Å². The summed E-state index contributed by atoms with van der Waals surface area (Å²) in [6.45, 7) is 8.30. The molecule has 19 heavy (non-hydrogen) atoms. The molecule has 0 aliphatic carbocycles. The van der Waals surface area contributed by atoms with E-state index in [4.69, 9.17) is 0 Å². The third kappa shape index (κ3) is 2.87. The molecule has 3 nitrogen and oxygen atoms in total. The first-order chi connectivity index (χ1) is 9.00. The van der Waals surface area contributed by atoms with Crippen molar-refractivity contribution < 1.29 is 5.11 Å². The molecule has 0 fully saturated rings. The summed E-state index contributed by atoms with van der Waals surface area (Å²) in [5.41, 5.74) is 2.15. The lowest BCUT2D eigenvalue weighted by Gasteiger charge is -2.23. The summed E-state index contributed by atoms with van der Waals surface area (Å²) in [7, 11) is 0. The second-order valence-corrected chi connectivity index (χ2v) is 5.44. The summed E-state index contributed by atoms with van der Waals surface area (Å²) in [5.74, 6) is 1.36. The highest BCUT2D eigenvalue weighted by atomic mass is 16.3. The third-order valence-electron chi connectivity index (χ3n) is 3.53. The second kappa shape index (κ2) is 5.57. The van der Waals surface area contributed by atoms with Crippen molar-refractivity contribution in [2.24, 2.45) is 0 Å². The molecule has 1 aromatic heterocycles. The van der Waals surface area contributed by atoms with E-state index in [1.807, 2.05) is 44.3 Å². The first-order valence-electron chi connectivity index (χ1n) is 6.78. The predicted octanol–water partition coefficient (Wildman–Crippen LogP) is 3.61. The number of aromatic nitrogens is 2. The van der Waals surface area contributed by atoms with Gasteiger partial charge in [0.05, 0.1) is 12.1 Å². The van der Waals surface area contributed by atoms with Crippen LogP contribution < -0.4 is 0 Å². The molecule has 2 atom stereocenters. The van der Waals surface area contributed by atoms with Gasteiger partial charge in [-0.1, -0.05) is 43.7 Å². The smallest absolute Gasteiger partial charge is 0.111 e. The lowest BCUT2D eigenvalue weighted by atomic mass is 10.0. The van der Waals surface area contributed by atoms with E-state index in [1.165, 1.54) is 5.56 Å². The quantitative estimate of drug-likeness (QED) is 0.909. The molecule has 0 aliphatic heterocycles. The van der Waals surface area contributed by atoms with Gasteiger partial charge in [0, 0.05) is 18.3 Å². The van der Waals surface area contributed by atoms with Crippen LogP contribution in [0.4, 0.5) is 0 Å². The maximum atomic E-state index is 10.5. The molecule has 0 bridgehead atoms. The molecule has 0 aliphatic rings. The number of imidazole rings is 1. The molecule has 2 unspecified atom stereocenters. The van der Waals surface area contributed by atoms with Crippen LogP contribution in [0.5, 0.6) is 0 Å². The second-order valence-electron chi connectivity index (χ2n) is 5.44. The average Bonchev–Trinajstić information content (AvgIpc) is 2.87. The monoisotopic (exact) mass is 258 g/mol. The van der Waals surface area contributed by atoms with Gasteiger partial charge in [-0.05, 0) is 19.4 Å². The van der Waals surface area contributed by atoms with Gasteiger partial charge in [0.2, 0.25) is 0 Å². The maximum Gasteiger partial charge on any atom is 0.111 e. The summed E-state index contributed by atoms with van der Waals surface area (Å²) in [5, 5.41) is 10.5. The van der Waals surface area contributed by atoms with Gasteiger partial charge in [-0.3, -0.25) is 0 Å². The van der Waals surface area contributed by atoms with E-state index < -0.39 is 6.10 Å². The standard InChI is InChI=1S/C16H22N2O/c1-11(2)16-17-9-10-18(16)13(4)15(19)14-7-5-12(3)6-8-14/h5-11,13,15,19H,1-4H3. The minimum absolute atomic E-state index is 0.0254. The first kappa shape index (κ1) is 13.8. The van der Waals surface area contributed by atoms with Crippen LogP contribution in [0.25, 0.3) is 0 Å². The highest BCUT2D eigenvalue weighted by Crippen LogP contribution is 2.28. The number of aliphatic hydroxyl groups excluding tert-OH is 1. The Morgan fingerprint density at radius 3 is 2.32 bits per heavy atom. The molecular formula is C16H22N2O. The topological polar surface area (TPSA) is 38.0 Å². The van der Waals surface area contributed by atoms with Crippen LogP contribution >= 0.6 is 0 Å². The van der Waals surface area contributed by atoms with Crippen molar-refractivity contribution in [3.63, 3.8) is 0 Å². The van der Waals surface area contributed by atoms with Gasteiger partial charge in [-0.15, -0.1) is 0 Å². The summed E-state index contributed by atoms with van der Waals surface area (Å²) >= 11 is 0. The van der Waals surface area contributed by atoms with Crippen molar-refractivity contribution in [3.05, 3.63) is 53.6 Å². The van der Waals surface area contributed by atoms with Gasteiger partial charge >= 0.3 is 0 Å². The lowest BCUT2D eigenvalue weighted by Crippen LogP contribution is -2.17. The van der Waals surface area contributed by atoms with E-state index in [9.17, 15) is 5.11 Å². The zero-order valence-corrected chi connectivity index (χ0v) is 12.0. The Morgan fingerprint density at radius 2 is 1.74 bits per heavy atom. The van der Waals surface area contributed by atoms with Crippen molar-refractivity contribution in [2.75, 3.05) is 0 Å². The molecule has 0 saturated carbocycles. The summed E-state index contributed by atoms with van der Waals surface area (Å²) in [4.78, 5) is 4.38. The predicted molar refractivity (Wildman–Crippen MR) is 77.2 cm³/mol. The fourth-order valence-corrected chi connectivity index (χ4v) is 2.31. The van der Waals surface area contributed by atoms with E-state index in [-0.39, 0.29) is 6.04 Å². The SMILES string of the molecule is Cc1ccc(C(O)C(C)n2ccnc2C(C)C)cc1. The minimum atomic E-state index is -0.521. The van der Waals surface area contributed by atoms with Crippen LogP contribution in [0.15, 0.2) is 36.7 Å². The van der Waals surface area contributed by atoms with Crippen molar-refractivity contribution in [3.8, 4) is 0 Å². The van der Waals surface area contributed by atoms with E-state index in [1.54, 1.807) is 6.20 Å². The van der Waals surface area contributed by atoms with Crippen molar-refractivity contribution in [2.45, 2.75) is 45.8 Å². The highest BCUT2D eigenvalue weighted by Gasteiger charge is 2.21. The Kier molecular flexibility index (Phi) is 4.05. The molecule has 2 rings (SSSR count). The number of nitrogens with zero attached hydrogens (tertiary/aromatic N) is 2. The Morgan fingerprint density at radius 1 is 1.11 bits per heavy atom. The number of benzene rings is 1. The molecule has 0 spiro atoms. The molecule has 3 heteroatoms. The summed E-state index contributed by atoms with van der Waals surface area (Å²) in [6, 6.07) is 8.01. The van der Waals surface area contributed by atoms with Crippen LogP contribution in [0, 0.1) is 6.92 Å². The van der Waals surface area contributed by atoms with Crippen molar-refractivity contribution in [1.29, 1.82) is 0 Å². The average molecular weight is 258 g/mol. The zero-order chi connectivity index (χ0) is 14.0. The Bertz CT molecular complexity index is 528. The van der Waals surface area contributed by atoms with Gasteiger partial charge < -0.3 is 9.67 Å². The van der Waals surface area contributed by atoms with Gasteiger partial charge in [-0.25, -0.2) is 4.98 Å². The molecule has 102 valence electrons. The molecule has 0 saturated heterocycles. The minimum Gasteiger partial charge on any atom is -0.386 e. The molecule has 1 heterocycles. The van der Waals surface area contributed by atoms with Gasteiger partial charge in [0.1, 0.15) is 5.82 Å². The largest absolute Gasteiger partial charge is 0.386 e. The normalized spacial score (nSPS) is 14.6. The van der Waals surface area contributed by atoms with E-state index in [0.717, 1.165) is 11.4 Å². The Labute approximate surface area is 114 Å². The van der Waals surface area contributed by atoms with Crippen LogP contribution in [0.2, 0.25) is 0 Å². The van der Waals surface area contributed by atoms with Gasteiger partial charge in [0.25, 0.3) is 0 Å². The summed E-state index contributed by atoms with van der Waals surface area (Å²) < 4.78 is 2.06. The maximum absolute atomic E-state index is 10.5. The number of aryl methyl sites for hydroxylation is 1. The highest BCUT2D eigenvalue weighted by molar-refractivity contribution is 5.24. The third-order valence-corrected chi connectivity index (χ3v) is 3.53. The fraction of sp³-hybridized carbons (Fsp3) is 0.438. The van der Waals surface area contributed by atoms with Crippen molar-refractivity contribution in [1.82, 2.24) is 9.55 Å². The fourth-order valence-electron chi connectivity index (χ4n) is 2.31. The molecule has 2 aromatic rings. The molecule has 0 radical (unpaired) electrons.